The standard InChI is InChI=1S/C19H27NO2/c1-4-6-14(5-2)13(3)12-22-18-10-9-16(19(20)21)11-17(18)15-7-8-15/h4,9-11,13-15H,1,5-8,12H2,2-3H3,(H2,20,21). The summed E-state index contributed by atoms with van der Waals surface area (Å²) in [6.07, 6.45) is 6.48. The van der Waals surface area contributed by atoms with Crippen LogP contribution in [0, 0.1) is 11.8 Å². The highest BCUT2D eigenvalue weighted by Crippen LogP contribution is 2.44. The van der Waals surface area contributed by atoms with E-state index in [1.54, 1.807) is 6.07 Å². The molecule has 0 heterocycles. The van der Waals surface area contributed by atoms with Crippen LogP contribution in [-0.2, 0) is 0 Å². The summed E-state index contributed by atoms with van der Waals surface area (Å²) in [6, 6.07) is 5.56. The fourth-order valence-electron chi connectivity index (χ4n) is 2.92. The Morgan fingerprint density at radius 1 is 1.50 bits per heavy atom. The second kappa shape index (κ2) is 7.48. The second-order valence-electron chi connectivity index (χ2n) is 6.37. The van der Waals surface area contributed by atoms with Crippen molar-refractivity contribution in [3.05, 3.63) is 42.0 Å². The molecule has 1 saturated carbocycles. The highest BCUT2D eigenvalue weighted by molar-refractivity contribution is 5.93. The number of carbonyl (C=O) groups excluding carboxylic acids is 1. The Balaban J connectivity index is 2.06. The molecule has 1 amide bonds. The fraction of sp³-hybridized carbons (Fsp3) is 0.526. The Kier molecular flexibility index (Phi) is 5.64. The maximum atomic E-state index is 11.3. The summed E-state index contributed by atoms with van der Waals surface area (Å²) in [5.74, 6) is 2.14. The van der Waals surface area contributed by atoms with Crippen LogP contribution in [0.1, 0.15) is 61.4 Å². The van der Waals surface area contributed by atoms with Crippen molar-refractivity contribution in [2.24, 2.45) is 17.6 Å². The van der Waals surface area contributed by atoms with Crippen LogP contribution >= 0.6 is 0 Å². The normalized spacial score (nSPS) is 16.8. The van der Waals surface area contributed by atoms with Crippen LogP contribution in [0.5, 0.6) is 5.75 Å². The zero-order valence-corrected chi connectivity index (χ0v) is 13.7. The van der Waals surface area contributed by atoms with Crippen molar-refractivity contribution in [3.8, 4) is 5.75 Å². The van der Waals surface area contributed by atoms with Crippen molar-refractivity contribution in [1.82, 2.24) is 0 Å². The molecule has 0 aromatic heterocycles. The molecule has 0 radical (unpaired) electrons. The van der Waals surface area contributed by atoms with Gasteiger partial charge in [-0.25, -0.2) is 0 Å². The SMILES string of the molecule is C=CCC(CC)C(C)COc1ccc(C(N)=O)cc1C1CC1. The molecule has 2 N–H and O–H groups in total. The first-order chi connectivity index (χ1) is 10.6. The van der Waals surface area contributed by atoms with Gasteiger partial charge in [0.2, 0.25) is 5.91 Å². The Bertz CT molecular complexity index is 534. The van der Waals surface area contributed by atoms with E-state index in [1.807, 2.05) is 18.2 Å². The third-order valence-corrected chi connectivity index (χ3v) is 4.61. The van der Waals surface area contributed by atoms with E-state index in [0.29, 0.717) is 29.9 Å². The molecule has 1 aromatic carbocycles. The number of benzene rings is 1. The smallest absolute Gasteiger partial charge is 0.248 e. The van der Waals surface area contributed by atoms with Gasteiger partial charge < -0.3 is 10.5 Å². The van der Waals surface area contributed by atoms with Crippen LogP contribution in [0.4, 0.5) is 0 Å². The maximum absolute atomic E-state index is 11.3. The average Bonchev–Trinajstić information content (AvgIpc) is 3.34. The number of amides is 1. The molecule has 1 aliphatic carbocycles. The number of carbonyl (C=O) groups is 1. The molecule has 0 spiro atoms. The average molecular weight is 301 g/mol. The monoisotopic (exact) mass is 301 g/mol. The molecular weight excluding hydrogens is 274 g/mol. The van der Waals surface area contributed by atoms with Gasteiger partial charge in [0.15, 0.2) is 0 Å². The van der Waals surface area contributed by atoms with Crippen LogP contribution < -0.4 is 10.5 Å². The lowest BCUT2D eigenvalue weighted by Crippen LogP contribution is -2.19. The maximum Gasteiger partial charge on any atom is 0.248 e. The van der Waals surface area contributed by atoms with Crippen molar-refractivity contribution < 1.29 is 9.53 Å². The van der Waals surface area contributed by atoms with Gasteiger partial charge in [0, 0.05) is 5.56 Å². The number of nitrogens with two attached hydrogens (primary N) is 1. The summed E-state index contributed by atoms with van der Waals surface area (Å²) in [5.41, 5.74) is 7.09. The van der Waals surface area contributed by atoms with Crippen molar-refractivity contribution in [2.45, 2.75) is 45.4 Å². The number of ether oxygens (including phenoxy) is 1. The van der Waals surface area contributed by atoms with Crippen LogP contribution in [0.15, 0.2) is 30.9 Å². The molecule has 1 aromatic rings. The molecule has 1 fully saturated rings. The minimum absolute atomic E-state index is 0.376. The van der Waals surface area contributed by atoms with Crippen molar-refractivity contribution in [1.29, 1.82) is 0 Å². The Labute approximate surface area is 133 Å². The number of hydrogen-bond acceptors (Lipinski definition) is 2. The molecule has 2 unspecified atom stereocenters. The van der Waals surface area contributed by atoms with Gasteiger partial charge in [0.05, 0.1) is 6.61 Å². The quantitative estimate of drug-likeness (QED) is 0.692. The summed E-state index contributed by atoms with van der Waals surface area (Å²) in [7, 11) is 0. The van der Waals surface area contributed by atoms with E-state index in [1.165, 1.54) is 12.8 Å². The van der Waals surface area contributed by atoms with Gasteiger partial charge in [-0.05, 0) is 60.8 Å². The van der Waals surface area contributed by atoms with Crippen LogP contribution in [-0.4, -0.2) is 12.5 Å². The molecule has 1 aliphatic rings. The Hall–Kier alpha value is -1.77. The first-order valence-electron chi connectivity index (χ1n) is 8.24. The van der Waals surface area contributed by atoms with E-state index in [4.69, 9.17) is 10.5 Å². The number of allylic oxidation sites excluding steroid dienone is 1. The molecular formula is C19H27NO2. The third-order valence-electron chi connectivity index (χ3n) is 4.61. The minimum Gasteiger partial charge on any atom is -0.493 e. The van der Waals surface area contributed by atoms with Crippen molar-refractivity contribution >= 4 is 5.91 Å². The molecule has 0 bridgehead atoms. The highest BCUT2D eigenvalue weighted by Gasteiger charge is 2.28. The molecule has 22 heavy (non-hydrogen) atoms. The Morgan fingerprint density at radius 2 is 2.23 bits per heavy atom. The first-order valence-corrected chi connectivity index (χ1v) is 8.24. The van der Waals surface area contributed by atoms with Gasteiger partial charge in [-0.3, -0.25) is 4.79 Å². The number of hydrogen-bond donors (Lipinski definition) is 1. The largest absolute Gasteiger partial charge is 0.493 e. The lowest BCUT2D eigenvalue weighted by Gasteiger charge is -2.22. The lowest BCUT2D eigenvalue weighted by molar-refractivity contribution is 0.1000. The molecule has 120 valence electrons. The third kappa shape index (κ3) is 4.12. The van der Waals surface area contributed by atoms with Crippen LogP contribution in [0.25, 0.3) is 0 Å². The van der Waals surface area contributed by atoms with Crippen LogP contribution in [0.3, 0.4) is 0 Å². The van der Waals surface area contributed by atoms with Crippen molar-refractivity contribution in [3.63, 3.8) is 0 Å². The van der Waals surface area contributed by atoms with Gasteiger partial charge >= 0.3 is 0 Å². The molecule has 0 aliphatic heterocycles. The van der Waals surface area contributed by atoms with E-state index in [0.717, 1.165) is 24.2 Å². The molecule has 2 atom stereocenters. The summed E-state index contributed by atoms with van der Waals surface area (Å²) < 4.78 is 6.08. The zero-order chi connectivity index (χ0) is 16.1. The molecule has 0 saturated heterocycles. The Morgan fingerprint density at radius 3 is 2.77 bits per heavy atom. The zero-order valence-electron chi connectivity index (χ0n) is 13.7. The predicted molar refractivity (Wildman–Crippen MR) is 90.2 cm³/mol. The van der Waals surface area contributed by atoms with Gasteiger partial charge in [-0.15, -0.1) is 6.58 Å². The molecule has 3 nitrogen and oxygen atoms in total. The van der Waals surface area contributed by atoms with E-state index in [-0.39, 0.29) is 5.91 Å². The first kappa shape index (κ1) is 16.6. The second-order valence-corrected chi connectivity index (χ2v) is 6.37. The summed E-state index contributed by atoms with van der Waals surface area (Å²) in [4.78, 5) is 11.3. The van der Waals surface area contributed by atoms with E-state index < -0.39 is 0 Å². The number of primary amides is 1. The van der Waals surface area contributed by atoms with Gasteiger partial charge in [-0.1, -0.05) is 26.3 Å². The summed E-state index contributed by atoms with van der Waals surface area (Å²) in [5, 5.41) is 0. The molecule has 3 heteroatoms. The van der Waals surface area contributed by atoms with Crippen LogP contribution in [0.2, 0.25) is 0 Å². The summed E-state index contributed by atoms with van der Waals surface area (Å²) in [6.45, 7) is 8.97. The molecule has 2 rings (SSSR count). The van der Waals surface area contributed by atoms with E-state index in [2.05, 4.69) is 20.4 Å². The lowest BCUT2D eigenvalue weighted by atomic mass is 9.89. The van der Waals surface area contributed by atoms with E-state index >= 15 is 0 Å². The highest BCUT2D eigenvalue weighted by atomic mass is 16.5. The van der Waals surface area contributed by atoms with Gasteiger partial charge in [0.1, 0.15) is 5.75 Å². The van der Waals surface area contributed by atoms with Crippen molar-refractivity contribution in [2.75, 3.05) is 6.61 Å². The number of rotatable bonds is 9. The summed E-state index contributed by atoms with van der Waals surface area (Å²) >= 11 is 0. The van der Waals surface area contributed by atoms with Gasteiger partial charge in [0.25, 0.3) is 0 Å². The van der Waals surface area contributed by atoms with Gasteiger partial charge in [-0.2, -0.15) is 0 Å². The minimum atomic E-state index is -0.376. The predicted octanol–water partition coefficient (Wildman–Crippen LogP) is 4.28. The van der Waals surface area contributed by atoms with E-state index in [9.17, 15) is 4.79 Å². The topological polar surface area (TPSA) is 52.3 Å². The fourth-order valence-corrected chi connectivity index (χ4v) is 2.92.